The molecular weight excluding hydrogens is 376 g/mol. The lowest BCUT2D eigenvalue weighted by Gasteiger charge is -2.33. The van der Waals surface area contributed by atoms with Crippen LogP contribution in [0.3, 0.4) is 0 Å². The van der Waals surface area contributed by atoms with Crippen molar-refractivity contribution in [1.29, 1.82) is 0 Å². The van der Waals surface area contributed by atoms with Gasteiger partial charge in [0.15, 0.2) is 0 Å². The van der Waals surface area contributed by atoms with Gasteiger partial charge in [0.25, 0.3) is 0 Å². The van der Waals surface area contributed by atoms with E-state index in [1.807, 2.05) is 0 Å². The first-order chi connectivity index (χ1) is 13.6. The van der Waals surface area contributed by atoms with Crippen LogP contribution in [0, 0.1) is 29.6 Å². The molecule has 0 amide bonds. The number of hydrogen-bond acceptors (Lipinski definition) is 4. The minimum atomic E-state index is -0.162. The molecule has 0 heterocycles. The standard InChI is InChI=1S/C23H35ClO4/c1-26-19-10-5-16(6-11-19)3-4-17-7-14-22(21(24)15-17)28-23(25)18-8-12-20(27-2)13-9-18/h16-22H,5-15H2,1-2H3. The fourth-order valence-corrected chi connectivity index (χ4v) is 5.20. The third kappa shape index (κ3) is 6.12. The molecule has 3 rings (SSSR count). The van der Waals surface area contributed by atoms with E-state index in [2.05, 4.69) is 11.8 Å². The van der Waals surface area contributed by atoms with E-state index in [1.165, 1.54) is 0 Å². The Balaban J connectivity index is 1.40. The maximum absolute atomic E-state index is 12.5. The molecule has 0 aliphatic heterocycles. The van der Waals surface area contributed by atoms with Gasteiger partial charge in [0.1, 0.15) is 6.10 Å². The van der Waals surface area contributed by atoms with Crippen LogP contribution in [0.25, 0.3) is 0 Å². The normalized spacial score (nSPS) is 38.9. The van der Waals surface area contributed by atoms with Gasteiger partial charge in [-0.15, -0.1) is 11.6 Å². The van der Waals surface area contributed by atoms with Crippen LogP contribution in [0.15, 0.2) is 0 Å². The molecule has 28 heavy (non-hydrogen) atoms. The maximum atomic E-state index is 12.5. The molecule has 3 fully saturated rings. The van der Waals surface area contributed by atoms with Gasteiger partial charge in [0.2, 0.25) is 0 Å². The van der Waals surface area contributed by atoms with Crippen LogP contribution in [-0.2, 0) is 19.0 Å². The molecule has 3 saturated carbocycles. The third-order valence-corrected chi connectivity index (χ3v) is 7.28. The lowest BCUT2D eigenvalue weighted by Crippen LogP contribution is -2.36. The first kappa shape index (κ1) is 21.9. The topological polar surface area (TPSA) is 44.8 Å². The molecule has 0 radical (unpaired) electrons. The van der Waals surface area contributed by atoms with E-state index >= 15 is 0 Å². The molecule has 0 aromatic carbocycles. The van der Waals surface area contributed by atoms with E-state index in [-0.39, 0.29) is 23.4 Å². The summed E-state index contributed by atoms with van der Waals surface area (Å²) in [6.45, 7) is 0. The number of methoxy groups -OCH3 is 2. The molecular formula is C23H35ClO4. The van der Waals surface area contributed by atoms with Gasteiger partial charge in [-0.25, -0.2) is 0 Å². The van der Waals surface area contributed by atoms with Crippen LogP contribution < -0.4 is 0 Å². The predicted octanol–water partition coefficient (Wildman–Crippen LogP) is 4.72. The lowest BCUT2D eigenvalue weighted by molar-refractivity contribution is -0.157. The maximum Gasteiger partial charge on any atom is 0.309 e. The van der Waals surface area contributed by atoms with E-state index in [0.29, 0.717) is 24.0 Å². The molecule has 4 nitrogen and oxygen atoms in total. The van der Waals surface area contributed by atoms with Crippen molar-refractivity contribution in [3.8, 4) is 11.8 Å². The summed E-state index contributed by atoms with van der Waals surface area (Å²) in [7, 11) is 3.54. The van der Waals surface area contributed by atoms with Gasteiger partial charge in [0, 0.05) is 26.1 Å². The van der Waals surface area contributed by atoms with E-state index in [4.69, 9.17) is 25.8 Å². The highest BCUT2D eigenvalue weighted by molar-refractivity contribution is 6.21. The number of hydrogen-bond donors (Lipinski definition) is 0. The molecule has 0 N–H and O–H groups in total. The van der Waals surface area contributed by atoms with Gasteiger partial charge in [-0.1, -0.05) is 11.8 Å². The highest BCUT2D eigenvalue weighted by Crippen LogP contribution is 2.33. The molecule has 0 bridgehead atoms. The van der Waals surface area contributed by atoms with Crippen molar-refractivity contribution < 1.29 is 19.0 Å². The zero-order chi connectivity index (χ0) is 19.9. The minimum absolute atomic E-state index is 0.00927. The van der Waals surface area contributed by atoms with Crippen LogP contribution in [-0.4, -0.2) is 43.9 Å². The highest BCUT2D eigenvalue weighted by Gasteiger charge is 2.34. The van der Waals surface area contributed by atoms with Gasteiger partial charge in [0.05, 0.1) is 23.5 Å². The Kier molecular flexibility index (Phi) is 8.51. The molecule has 5 heteroatoms. The number of halogens is 1. The fraction of sp³-hybridized carbons (Fsp3) is 0.870. The number of alkyl halides is 1. The number of ether oxygens (including phenoxy) is 3. The summed E-state index contributed by atoms with van der Waals surface area (Å²) in [5.41, 5.74) is 0. The monoisotopic (exact) mass is 410 g/mol. The van der Waals surface area contributed by atoms with E-state index in [1.54, 1.807) is 14.2 Å². The summed E-state index contributed by atoms with van der Waals surface area (Å²) in [6.07, 6.45) is 11.2. The quantitative estimate of drug-likeness (QED) is 0.382. The second-order valence-electron chi connectivity index (χ2n) is 8.71. The molecule has 0 aromatic heterocycles. The zero-order valence-electron chi connectivity index (χ0n) is 17.3. The highest BCUT2D eigenvalue weighted by atomic mass is 35.5. The van der Waals surface area contributed by atoms with Crippen molar-refractivity contribution in [1.82, 2.24) is 0 Å². The van der Waals surface area contributed by atoms with Gasteiger partial charge in [-0.05, 0) is 70.6 Å². The zero-order valence-corrected chi connectivity index (χ0v) is 18.1. The van der Waals surface area contributed by atoms with Crippen LogP contribution in [0.1, 0.15) is 70.6 Å². The summed E-state index contributed by atoms with van der Waals surface area (Å²) in [6, 6.07) is 0. The first-order valence-corrected chi connectivity index (χ1v) is 11.4. The van der Waals surface area contributed by atoms with Crippen molar-refractivity contribution in [2.45, 2.75) is 94.3 Å². The van der Waals surface area contributed by atoms with Crippen molar-refractivity contribution in [2.75, 3.05) is 14.2 Å². The van der Waals surface area contributed by atoms with Crippen LogP contribution >= 0.6 is 11.6 Å². The Morgan fingerprint density at radius 1 is 0.786 bits per heavy atom. The molecule has 3 unspecified atom stereocenters. The Bertz CT molecular complexity index is 553. The second kappa shape index (κ2) is 10.9. The van der Waals surface area contributed by atoms with Crippen molar-refractivity contribution in [2.24, 2.45) is 17.8 Å². The first-order valence-electron chi connectivity index (χ1n) is 11.0. The van der Waals surface area contributed by atoms with Gasteiger partial charge < -0.3 is 14.2 Å². The number of carbonyl (C=O) groups is 1. The summed E-state index contributed by atoms with van der Waals surface area (Å²) >= 11 is 6.58. The molecule has 0 saturated heterocycles. The average molecular weight is 411 g/mol. The van der Waals surface area contributed by atoms with Crippen LogP contribution in [0.2, 0.25) is 0 Å². The fourth-order valence-electron chi connectivity index (χ4n) is 4.81. The van der Waals surface area contributed by atoms with E-state index < -0.39 is 0 Å². The Labute approximate surface area is 175 Å². The number of rotatable bonds is 4. The smallest absolute Gasteiger partial charge is 0.309 e. The molecule has 0 aromatic rings. The number of carbonyl (C=O) groups excluding carboxylic acids is 1. The van der Waals surface area contributed by atoms with Crippen molar-refractivity contribution in [3.05, 3.63) is 0 Å². The van der Waals surface area contributed by atoms with Crippen LogP contribution in [0.5, 0.6) is 0 Å². The summed E-state index contributed by atoms with van der Waals surface area (Å²) in [5, 5.41) is -0.128. The summed E-state index contributed by atoms with van der Waals surface area (Å²) < 4.78 is 16.6. The SMILES string of the molecule is COC1CCC(C#CC2CCC(OC(=O)C3CCC(OC)CC3)C(Cl)C2)CC1. The Morgan fingerprint density at radius 3 is 1.89 bits per heavy atom. The van der Waals surface area contributed by atoms with Gasteiger partial charge in [-0.2, -0.15) is 0 Å². The van der Waals surface area contributed by atoms with E-state index in [0.717, 1.165) is 70.6 Å². The third-order valence-electron chi connectivity index (χ3n) is 6.82. The Hall–Kier alpha value is -0.760. The van der Waals surface area contributed by atoms with E-state index in [9.17, 15) is 4.79 Å². The minimum Gasteiger partial charge on any atom is -0.461 e. The van der Waals surface area contributed by atoms with Crippen LogP contribution in [0.4, 0.5) is 0 Å². The molecule has 3 aliphatic carbocycles. The molecule has 0 spiro atoms. The van der Waals surface area contributed by atoms with Gasteiger partial charge in [-0.3, -0.25) is 4.79 Å². The predicted molar refractivity (Wildman–Crippen MR) is 110 cm³/mol. The summed E-state index contributed by atoms with van der Waals surface area (Å²) in [5.74, 6) is 7.73. The molecule has 3 atom stereocenters. The van der Waals surface area contributed by atoms with Crippen molar-refractivity contribution >= 4 is 17.6 Å². The molecule has 3 aliphatic rings. The number of esters is 1. The second-order valence-corrected chi connectivity index (χ2v) is 9.27. The van der Waals surface area contributed by atoms with Crippen molar-refractivity contribution in [3.63, 3.8) is 0 Å². The summed E-state index contributed by atoms with van der Waals surface area (Å²) in [4.78, 5) is 12.5. The Morgan fingerprint density at radius 2 is 1.32 bits per heavy atom. The van der Waals surface area contributed by atoms with Gasteiger partial charge >= 0.3 is 5.97 Å². The largest absolute Gasteiger partial charge is 0.461 e. The lowest BCUT2D eigenvalue weighted by atomic mass is 9.84. The average Bonchev–Trinajstić information content (AvgIpc) is 2.74. The molecule has 158 valence electrons.